The van der Waals surface area contributed by atoms with E-state index in [0.29, 0.717) is 18.0 Å². The molecule has 1 amide bonds. The number of hydrogen-bond donors (Lipinski definition) is 1. The Balaban J connectivity index is 1.29. The van der Waals surface area contributed by atoms with Crippen molar-refractivity contribution in [2.24, 2.45) is 0 Å². The summed E-state index contributed by atoms with van der Waals surface area (Å²) in [4.78, 5) is 14.4. The normalized spacial score (nSPS) is 16.9. The average Bonchev–Trinajstić information content (AvgIpc) is 2.78. The number of ether oxygens (including phenoxy) is 3. The van der Waals surface area contributed by atoms with Crippen molar-refractivity contribution in [1.82, 2.24) is 10.2 Å². The number of nitrogens with zero attached hydrogens (tertiary/aromatic N) is 1. The fourth-order valence-electron chi connectivity index (χ4n) is 3.40. The minimum Gasteiger partial charge on any atom is -0.493 e. The fourth-order valence-corrected chi connectivity index (χ4v) is 3.40. The Morgan fingerprint density at radius 2 is 1.86 bits per heavy atom. The fraction of sp³-hybridized carbons (Fsp3) is 0.435. The number of unbranched alkanes of at least 4 members (excludes halogenated alkanes) is 1. The maximum absolute atomic E-state index is 12.0. The van der Waals surface area contributed by atoms with E-state index in [1.54, 1.807) is 19.2 Å². The molecule has 0 spiro atoms. The second-order valence-corrected chi connectivity index (χ2v) is 7.07. The van der Waals surface area contributed by atoms with Crippen LogP contribution in [-0.4, -0.2) is 57.3 Å². The number of rotatable bonds is 10. The highest BCUT2D eigenvalue weighted by molar-refractivity contribution is 5.77. The van der Waals surface area contributed by atoms with Crippen molar-refractivity contribution >= 4 is 5.91 Å². The van der Waals surface area contributed by atoms with Crippen molar-refractivity contribution in [3.05, 3.63) is 60.2 Å². The lowest BCUT2D eigenvalue weighted by Crippen LogP contribution is -2.39. The zero-order chi connectivity index (χ0) is 20.3. The molecule has 156 valence electrons. The molecule has 0 radical (unpaired) electrons. The van der Waals surface area contributed by atoms with Crippen LogP contribution in [0.15, 0.2) is 54.6 Å². The first-order chi connectivity index (χ1) is 14.3. The summed E-state index contributed by atoms with van der Waals surface area (Å²) in [5.41, 5.74) is 1.24. The monoisotopic (exact) mass is 398 g/mol. The molecule has 6 nitrogen and oxygen atoms in total. The van der Waals surface area contributed by atoms with Crippen LogP contribution in [0.1, 0.15) is 24.5 Å². The SMILES string of the molecule is COc1ccccc1OCC(=O)NCCCCN1CCOC(c2ccccc2)C1. The molecular formula is C23H30N2O4. The molecule has 0 aliphatic carbocycles. The molecule has 2 aromatic rings. The minimum absolute atomic E-state index is 0.0113. The van der Waals surface area contributed by atoms with Gasteiger partial charge in [0, 0.05) is 19.6 Å². The van der Waals surface area contributed by atoms with E-state index in [0.717, 1.165) is 39.1 Å². The van der Waals surface area contributed by atoms with Crippen LogP contribution < -0.4 is 14.8 Å². The van der Waals surface area contributed by atoms with Gasteiger partial charge in [0.15, 0.2) is 18.1 Å². The summed E-state index contributed by atoms with van der Waals surface area (Å²) < 4.78 is 16.7. The van der Waals surface area contributed by atoms with Crippen molar-refractivity contribution in [1.29, 1.82) is 0 Å². The Hall–Kier alpha value is -2.57. The predicted octanol–water partition coefficient (Wildman–Crippen LogP) is 3.04. The van der Waals surface area contributed by atoms with Crippen molar-refractivity contribution < 1.29 is 19.0 Å². The topological polar surface area (TPSA) is 60.0 Å². The third kappa shape index (κ3) is 6.76. The Morgan fingerprint density at radius 3 is 2.66 bits per heavy atom. The number of benzene rings is 2. The van der Waals surface area contributed by atoms with Gasteiger partial charge in [-0.1, -0.05) is 42.5 Å². The number of hydrogen-bond acceptors (Lipinski definition) is 5. The van der Waals surface area contributed by atoms with Crippen LogP contribution in [-0.2, 0) is 9.53 Å². The molecule has 0 saturated carbocycles. The van der Waals surface area contributed by atoms with Crippen molar-refractivity contribution in [2.75, 3.05) is 46.5 Å². The number of carbonyl (C=O) groups excluding carboxylic acids is 1. The van der Waals surface area contributed by atoms with Crippen LogP contribution in [0, 0.1) is 0 Å². The highest BCUT2D eigenvalue weighted by atomic mass is 16.5. The highest BCUT2D eigenvalue weighted by Crippen LogP contribution is 2.25. The molecule has 29 heavy (non-hydrogen) atoms. The van der Waals surface area contributed by atoms with Gasteiger partial charge in [-0.2, -0.15) is 0 Å². The molecule has 3 rings (SSSR count). The molecular weight excluding hydrogens is 368 g/mol. The van der Waals surface area contributed by atoms with Gasteiger partial charge in [-0.3, -0.25) is 9.69 Å². The number of morpholine rings is 1. The van der Waals surface area contributed by atoms with Gasteiger partial charge < -0.3 is 19.5 Å². The third-order valence-corrected chi connectivity index (χ3v) is 4.97. The number of para-hydroxylation sites is 2. The van der Waals surface area contributed by atoms with E-state index in [9.17, 15) is 4.79 Å². The van der Waals surface area contributed by atoms with E-state index in [2.05, 4.69) is 34.5 Å². The van der Waals surface area contributed by atoms with E-state index in [4.69, 9.17) is 14.2 Å². The van der Waals surface area contributed by atoms with Crippen molar-refractivity contribution in [3.63, 3.8) is 0 Å². The van der Waals surface area contributed by atoms with E-state index in [1.165, 1.54) is 5.56 Å². The Morgan fingerprint density at radius 1 is 1.10 bits per heavy atom. The summed E-state index contributed by atoms with van der Waals surface area (Å²) in [5.74, 6) is 1.08. The quantitative estimate of drug-likeness (QED) is 0.624. The summed E-state index contributed by atoms with van der Waals surface area (Å²) >= 11 is 0. The summed E-state index contributed by atoms with van der Waals surface area (Å²) in [7, 11) is 1.58. The molecule has 1 fully saturated rings. The van der Waals surface area contributed by atoms with Gasteiger partial charge in [0.1, 0.15) is 0 Å². The van der Waals surface area contributed by atoms with Gasteiger partial charge in [0.2, 0.25) is 0 Å². The molecule has 0 aromatic heterocycles. The Kier molecular flexibility index (Phi) is 8.34. The molecule has 2 aromatic carbocycles. The third-order valence-electron chi connectivity index (χ3n) is 4.97. The molecule has 1 aliphatic rings. The first kappa shape index (κ1) is 21.1. The molecule has 1 unspecified atom stereocenters. The number of methoxy groups -OCH3 is 1. The van der Waals surface area contributed by atoms with Gasteiger partial charge in [-0.15, -0.1) is 0 Å². The van der Waals surface area contributed by atoms with Gasteiger partial charge in [0.05, 0.1) is 19.8 Å². The van der Waals surface area contributed by atoms with Crippen LogP contribution in [0.4, 0.5) is 0 Å². The number of nitrogens with one attached hydrogen (secondary N) is 1. The van der Waals surface area contributed by atoms with E-state index in [1.807, 2.05) is 18.2 Å². The first-order valence-electron chi connectivity index (χ1n) is 10.2. The van der Waals surface area contributed by atoms with Gasteiger partial charge >= 0.3 is 0 Å². The molecule has 1 N–H and O–H groups in total. The maximum Gasteiger partial charge on any atom is 0.257 e. The largest absolute Gasteiger partial charge is 0.493 e. The zero-order valence-corrected chi connectivity index (χ0v) is 17.0. The highest BCUT2D eigenvalue weighted by Gasteiger charge is 2.21. The second kappa shape index (κ2) is 11.4. The predicted molar refractivity (Wildman–Crippen MR) is 112 cm³/mol. The van der Waals surface area contributed by atoms with E-state index in [-0.39, 0.29) is 18.6 Å². The van der Waals surface area contributed by atoms with Gasteiger partial charge in [0.25, 0.3) is 5.91 Å². The van der Waals surface area contributed by atoms with E-state index >= 15 is 0 Å². The van der Waals surface area contributed by atoms with Crippen LogP contribution in [0.25, 0.3) is 0 Å². The molecule has 1 saturated heterocycles. The second-order valence-electron chi connectivity index (χ2n) is 7.07. The smallest absolute Gasteiger partial charge is 0.257 e. The van der Waals surface area contributed by atoms with Crippen LogP contribution in [0.5, 0.6) is 11.5 Å². The minimum atomic E-state index is -0.119. The average molecular weight is 399 g/mol. The summed E-state index contributed by atoms with van der Waals surface area (Å²) in [6, 6.07) is 17.7. The van der Waals surface area contributed by atoms with Crippen LogP contribution in [0.3, 0.4) is 0 Å². The lowest BCUT2D eigenvalue weighted by atomic mass is 10.1. The first-order valence-corrected chi connectivity index (χ1v) is 10.2. The van der Waals surface area contributed by atoms with Crippen LogP contribution in [0.2, 0.25) is 0 Å². The Bertz CT molecular complexity index is 754. The lowest BCUT2D eigenvalue weighted by Gasteiger charge is -2.33. The summed E-state index contributed by atoms with van der Waals surface area (Å²) in [5, 5.41) is 2.91. The number of amides is 1. The molecule has 6 heteroatoms. The van der Waals surface area contributed by atoms with Gasteiger partial charge in [-0.25, -0.2) is 0 Å². The Labute approximate surface area is 172 Å². The lowest BCUT2D eigenvalue weighted by molar-refractivity contribution is -0.123. The summed E-state index contributed by atoms with van der Waals surface area (Å²) in [6.45, 7) is 4.30. The van der Waals surface area contributed by atoms with Crippen molar-refractivity contribution in [3.8, 4) is 11.5 Å². The summed E-state index contributed by atoms with van der Waals surface area (Å²) in [6.07, 6.45) is 2.12. The molecule has 0 bridgehead atoms. The standard InChI is InChI=1S/C23H30N2O4/c1-27-20-11-5-6-12-21(20)29-18-23(26)24-13-7-8-14-25-15-16-28-22(17-25)19-9-3-2-4-10-19/h2-6,9-12,22H,7-8,13-18H2,1H3,(H,24,26). The maximum atomic E-state index is 12.0. The molecule has 1 atom stereocenters. The number of carbonyl (C=O) groups is 1. The molecule has 1 aliphatic heterocycles. The molecule has 1 heterocycles. The zero-order valence-electron chi connectivity index (χ0n) is 17.0. The van der Waals surface area contributed by atoms with Crippen LogP contribution >= 0.6 is 0 Å². The van der Waals surface area contributed by atoms with Crippen molar-refractivity contribution in [2.45, 2.75) is 18.9 Å². The van der Waals surface area contributed by atoms with E-state index < -0.39 is 0 Å². The van der Waals surface area contributed by atoms with Gasteiger partial charge in [-0.05, 0) is 37.1 Å².